The van der Waals surface area contributed by atoms with Gasteiger partial charge in [-0.25, -0.2) is 0 Å². The summed E-state index contributed by atoms with van der Waals surface area (Å²) in [5, 5.41) is 11.1. The Morgan fingerprint density at radius 1 is 1.06 bits per heavy atom. The molecule has 1 aromatic carbocycles. The lowest BCUT2D eigenvalue weighted by atomic mass is 9.70. The maximum atomic E-state index is 11.1. The highest BCUT2D eigenvalue weighted by Gasteiger charge is 2.60. The Morgan fingerprint density at radius 2 is 1.82 bits per heavy atom. The molecular weight excluding hydrogens is 208 g/mol. The lowest BCUT2D eigenvalue weighted by Gasteiger charge is -2.39. The largest absolute Gasteiger partial charge is 0.385 e. The first kappa shape index (κ1) is 10.1. The van der Waals surface area contributed by atoms with Crippen LogP contribution in [0.2, 0.25) is 0 Å². The Hall–Kier alpha value is -0.820. The van der Waals surface area contributed by atoms with Crippen LogP contribution in [0.25, 0.3) is 0 Å². The lowest BCUT2D eigenvalue weighted by molar-refractivity contribution is -0.0512. The molecule has 3 saturated carbocycles. The van der Waals surface area contributed by atoms with E-state index in [1.54, 1.807) is 0 Å². The maximum absolute atomic E-state index is 11.1. The summed E-state index contributed by atoms with van der Waals surface area (Å²) in [4.78, 5) is 0. The van der Waals surface area contributed by atoms with E-state index in [1.807, 2.05) is 6.07 Å². The number of aliphatic hydroxyl groups is 1. The van der Waals surface area contributed by atoms with Gasteiger partial charge in [0.05, 0.1) is 5.60 Å². The zero-order valence-corrected chi connectivity index (χ0v) is 10.2. The van der Waals surface area contributed by atoms with Gasteiger partial charge in [0.15, 0.2) is 0 Å². The van der Waals surface area contributed by atoms with Gasteiger partial charge in [-0.3, -0.25) is 0 Å². The smallest absolute Gasteiger partial charge is 0.0930 e. The molecule has 4 rings (SSSR count). The summed E-state index contributed by atoms with van der Waals surface area (Å²) in [6.45, 7) is 0. The second-order valence-electron chi connectivity index (χ2n) is 6.36. The van der Waals surface area contributed by atoms with Crippen molar-refractivity contribution in [2.45, 2.75) is 37.7 Å². The predicted molar refractivity (Wildman–Crippen MR) is 67.4 cm³/mol. The Labute approximate surface area is 103 Å². The van der Waals surface area contributed by atoms with Crippen molar-refractivity contribution in [2.24, 2.45) is 23.7 Å². The summed E-state index contributed by atoms with van der Waals surface area (Å²) in [6, 6.07) is 10.4. The van der Waals surface area contributed by atoms with Crippen molar-refractivity contribution in [3.8, 4) is 0 Å². The predicted octanol–water partition coefficient (Wildman–Crippen LogP) is 3.33. The van der Waals surface area contributed by atoms with Crippen LogP contribution in [0.3, 0.4) is 0 Å². The molecule has 2 bridgehead atoms. The molecule has 0 unspecified atom stereocenters. The van der Waals surface area contributed by atoms with Crippen molar-refractivity contribution in [1.82, 2.24) is 0 Å². The highest BCUT2D eigenvalue weighted by atomic mass is 16.3. The van der Waals surface area contributed by atoms with Crippen LogP contribution in [0.15, 0.2) is 30.3 Å². The van der Waals surface area contributed by atoms with Gasteiger partial charge in [0.1, 0.15) is 0 Å². The van der Waals surface area contributed by atoms with E-state index in [0.717, 1.165) is 29.7 Å². The van der Waals surface area contributed by atoms with Crippen molar-refractivity contribution in [1.29, 1.82) is 0 Å². The normalized spacial score (nSPS) is 47.4. The van der Waals surface area contributed by atoms with Gasteiger partial charge in [0.2, 0.25) is 0 Å². The molecule has 0 aromatic heterocycles. The lowest BCUT2D eigenvalue weighted by Crippen LogP contribution is -2.38. The summed E-state index contributed by atoms with van der Waals surface area (Å²) in [7, 11) is 0. The van der Waals surface area contributed by atoms with Crippen LogP contribution < -0.4 is 0 Å². The van der Waals surface area contributed by atoms with E-state index in [0.29, 0.717) is 5.92 Å². The van der Waals surface area contributed by atoms with Gasteiger partial charge in [-0.15, -0.1) is 0 Å². The van der Waals surface area contributed by atoms with Crippen LogP contribution in [0, 0.1) is 23.7 Å². The monoisotopic (exact) mass is 228 g/mol. The summed E-state index contributed by atoms with van der Waals surface area (Å²) < 4.78 is 0. The topological polar surface area (TPSA) is 20.2 Å². The highest BCUT2D eigenvalue weighted by Crippen LogP contribution is 2.65. The number of hydrogen-bond acceptors (Lipinski definition) is 1. The zero-order chi connectivity index (χ0) is 11.5. The first-order chi connectivity index (χ1) is 8.29. The molecule has 0 saturated heterocycles. The van der Waals surface area contributed by atoms with Gasteiger partial charge < -0.3 is 5.11 Å². The molecule has 3 aliphatic carbocycles. The standard InChI is InChI=1S/C16H20O/c17-16(12-5-2-1-3-6-12)10-11-9-15(16)14-8-4-7-13(11)14/h1-3,5-6,11,13-15,17H,4,7-10H2/t11-,13-,14+,15-,16-/m1/s1. The average molecular weight is 228 g/mol. The van der Waals surface area contributed by atoms with Crippen LogP contribution in [-0.4, -0.2) is 5.11 Å². The molecule has 1 heteroatoms. The number of hydrogen-bond donors (Lipinski definition) is 1. The molecule has 0 amide bonds. The third-order valence-electron chi connectivity index (χ3n) is 5.76. The van der Waals surface area contributed by atoms with Crippen molar-refractivity contribution >= 4 is 0 Å². The van der Waals surface area contributed by atoms with Gasteiger partial charge in [0.25, 0.3) is 0 Å². The fourth-order valence-corrected chi connectivity index (χ4v) is 5.17. The fourth-order valence-electron chi connectivity index (χ4n) is 5.17. The van der Waals surface area contributed by atoms with Gasteiger partial charge in [0, 0.05) is 0 Å². The summed E-state index contributed by atoms with van der Waals surface area (Å²) >= 11 is 0. The Balaban J connectivity index is 1.73. The van der Waals surface area contributed by atoms with Gasteiger partial charge >= 0.3 is 0 Å². The average Bonchev–Trinajstić information content (AvgIpc) is 3.00. The van der Waals surface area contributed by atoms with Crippen molar-refractivity contribution in [2.75, 3.05) is 0 Å². The van der Waals surface area contributed by atoms with E-state index in [9.17, 15) is 5.11 Å². The van der Waals surface area contributed by atoms with E-state index in [2.05, 4.69) is 24.3 Å². The minimum atomic E-state index is -0.503. The second-order valence-corrected chi connectivity index (χ2v) is 6.36. The highest BCUT2D eigenvalue weighted by molar-refractivity contribution is 5.28. The van der Waals surface area contributed by atoms with Crippen LogP contribution in [-0.2, 0) is 5.60 Å². The Bertz CT molecular complexity index is 426. The molecule has 1 nitrogen and oxygen atoms in total. The minimum absolute atomic E-state index is 0.503. The van der Waals surface area contributed by atoms with E-state index in [4.69, 9.17) is 0 Å². The Kier molecular flexibility index (Phi) is 2.00. The van der Waals surface area contributed by atoms with E-state index in [1.165, 1.54) is 25.7 Å². The molecule has 0 heterocycles. The SMILES string of the molecule is O[C@@]1(c2ccccc2)C[C@H]2C[C@@H]1[C@H]1CCC[C@H]21. The zero-order valence-electron chi connectivity index (χ0n) is 10.2. The molecule has 3 fully saturated rings. The molecule has 3 aliphatic rings. The van der Waals surface area contributed by atoms with Gasteiger partial charge in [-0.2, -0.15) is 0 Å². The molecule has 0 aliphatic heterocycles. The molecule has 0 spiro atoms. The van der Waals surface area contributed by atoms with Crippen LogP contribution >= 0.6 is 0 Å². The van der Waals surface area contributed by atoms with Crippen LogP contribution in [0.1, 0.15) is 37.7 Å². The maximum Gasteiger partial charge on any atom is 0.0930 e. The molecular formula is C16H20O. The van der Waals surface area contributed by atoms with Crippen LogP contribution in [0.5, 0.6) is 0 Å². The first-order valence-electron chi connectivity index (χ1n) is 7.07. The van der Waals surface area contributed by atoms with Crippen molar-refractivity contribution in [3.63, 3.8) is 0 Å². The van der Waals surface area contributed by atoms with Crippen molar-refractivity contribution in [3.05, 3.63) is 35.9 Å². The van der Waals surface area contributed by atoms with Crippen LogP contribution in [0.4, 0.5) is 0 Å². The number of benzene rings is 1. The molecule has 90 valence electrons. The van der Waals surface area contributed by atoms with E-state index in [-0.39, 0.29) is 0 Å². The number of rotatable bonds is 1. The first-order valence-corrected chi connectivity index (χ1v) is 7.07. The van der Waals surface area contributed by atoms with Gasteiger partial charge in [-0.1, -0.05) is 36.8 Å². The molecule has 5 atom stereocenters. The minimum Gasteiger partial charge on any atom is -0.385 e. The summed E-state index contributed by atoms with van der Waals surface area (Å²) in [5.74, 6) is 3.11. The quantitative estimate of drug-likeness (QED) is 0.781. The van der Waals surface area contributed by atoms with E-state index < -0.39 is 5.60 Å². The van der Waals surface area contributed by atoms with Gasteiger partial charge in [-0.05, 0) is 54.9 Å². The Morgan fingerprint density at radius 3 is 2.65 bits per heavy atom. The second kappa shape index (κ2) is 3.35. The third kappa shape index (κ3) is 1.24. The molecule has 1 aromatic rings. The number of fused-ring (bicyclic) bond motifs is 5. The van der Waals surface area contributed by atoms with E-state index >= 15 is 0 Å². The van der Waals surface area contributed by atoms with Crippen molar-refractivity contribution < 1.29 is 5.11 Å². The summed E-state index contributed by atoms with van der Waals surface area (Å²) in [6.07, 6.45) is 6.48. The molecule has 17 heavy (non-hydrogen) atoms. The third-order valence-corrected chi connectivity index (χ3v) is 5.76. The fraction of sp³-hybridized carbons (Fsp3) is 0.625. The molecule has 1 N–H and O–H groups in total. The molecule has 0 radical (unpaired) electrons. The summed E-state index contributed by atoms with van der Waals surface area (Å²) in [5.41, 5.74) is 0.662.